The van der Waals surface area contributed by atoms with E-state index in [1.807, 2.05) is 11.9 Å². The van der Waals surface area contributed by atoms with Gasteiger partial charge in [0.05, 0.1) is 6.04 Å². The number of amides is 1. The molecule has 3 rings (SSSR count). The molecule has 0 aromatic carbocycles. The van der Waals surface area contributed by atoms with Crippen LogP contribution in [0, 0.1) is 17.8 Å². The maximum absolute atomic E-state index is 12.7. The van der Waals surface area contributed by atoms with Crippen LogP contribution in [-0.4, -0.2) is 62.0 Å². The fourth-order valence-electron chi connectivity index (χ4n) is 4.42. The monoisotopic (exact) mass is 279 g/mol. The van der Waals surface area contributed by atoms with E-state index in [4.69, 9.17) is 0 Å². The number of fused-ring (bicyclic) bond motifs is 1. The average Bonchev–Trinajstić information content (AvgIpc) is 3.03. The molecule has 1 N–H and O–H groups in total. The summed E-state index contributed by atoms with van der Waals surface area (Å²) in [6.07, 6.45) is 6.35. The molecule has 3 aliphatic rings. The number of nitrogens with zero attached hydrogens (tertiary/aromatic N) is 2. The third-order valence-electron chi connectivity index (χ3n) is 5.76. The highest BCUT2D eigenvalue weighted by atomic mass is 16.2. The van der Waals surface area contributed by atoms with Gasteiger partial charge in [-0.25, -0.2) is 0 Å². The predicted molar refractivity (Wildman–Crippen MR) is 80.5 cm³/mol. The van der Waals surface area contributed by atoms with Crippen molar-refractivity contribution in [3.05, 3.63) is 0 Å². The van der Waals surface area contributed by atoms with E-state index in [0.717, 1.165) is 19.0 Å². The van der Waals surface area contributed by atoms with E-state index in [0.29, 0.717) is 17.7 Å². The van der Waals surface area contributed by atoms with Crippen LogP contribution in [0.3, 0.4) is 0 Å². The van der Waals surface area contributed by atoms with Crippen molar-refractivity contribution >= 4 is 5.91 Å². The van der Waals surface area contributed by atoms with Crippen LogP contribution in [0.15, 0.2) is 0 Å². The summed E-state index contributed by atoms with van der Waals surface area (Å²) in [6.45, 7) is 4.36. The number of carbonyl (C=O) groups is 1. The highest BCUT2D eigenvalue weighted by Gasteiger charge is 2.43. The lowest BCUT2D eigenvalue weighted by Crippen LogP contribution is -2.47. The van der Waals surface area contributed by atoms with Crippen LogP contribution >= 0.6 is 0 Å². The van der Waals surface area contributed by atoms with E-state index >= 15 is 0 Å². The highest BCUT2D eigenvalue weighted by Crippen LogP contribution is 2.38. The predicted octanol–water partition coefficient (Wildman–Crippen LogP) is 1.17. The summed E-state index contributed by atoms with van der Waals surface area (Å²) in [5.41, 5.74) is 0. The molecule has 0 spiro atoms. The van der Waals surface area contributed by atoms with Gasteiger partial charge < -0.3 is 15.1 Å². The van der Waals surface area contributed by atoms with Gasteiger partial charge in [0.1, 0.15) is 0 Å². The molecule has 114 valence electrons. The standard InChI is InChI=1S/C16H29N3O/c1-18-8-6-12(7-9-18)11-19(2)16(20)15-14-5-3-4-13(14)10-17-15/h12-15,17H,3-11H2,1-2H3. The Hall–Kier alpha value is -0.610. The second-order valence-electron chi connectivity index (χ2n) is 7.21. The molecule has 4 nitrogen and oxygen atoms in total. The lowest BCUT2D eigenvalue weighted by atomic mass is 9.92. The van der Waals surface area contributed by atoms with Gasteiger partial charge in [0.25, 0.3) is 0 Å². The quantitative estimate of drug-likeness (QED) is 0.842. The molecule has 2 saturated heterocycles. The van der Waals surface area contributed by atoms with Crippen molar-refractivity contribution in [2.75, 3.05) is 40.3 Å². The van der Waals surface area contributed by atoms with Gasteiger partial charge in [0.15, 0.2) is 0 Å². The fourth-order valence-corrected chi connectivity index (χ4v) is 4.42. The summed E-state index contributed by atoms with van der Waals surface area (Å²) in [6, 6.07) is 0.110. The lowest BCUT2D eigenvalue weighted by Gasteiger charge is -2.33. The molecule has 0 radical (unpaired) electrons. The number of nitrogens with one attached hydrogen (secondary N) is 1. The Balaban J connectivity index is 1.51. The molecular formula is C16H29N3O. The molecule has 2 heterocycles. The minimum Gasteiger partial charge on any atom is -0.344 e. The molecule has 4 heteroatoms. The van der Waals surface area contributed by atoms with Crippen molar-refractivity contribution in [2.45, 2.75) is 38.1 Å². The number of hydrogen-bond donors (Lipinski definition) is 1. The number of carbonyl (C=O) groups excluding carboxylic acids is 1. The van der Waals surface area contributed by atoms with Crippen molar-refractivity contribution in [2.24, 2.45) is 17.8 Å². The number of likely N-dealkylation sites (N-methyl/N-ethyl adjacent to an activating group) is 1. The molecule has 1 amide bonds. The number of hydrogen-bond acceptors (Lipinski definition) is 3. The fraction of sp³-hybridized carbons (Fsp3) is 0.938. The minimum absolute atomic E-state index is 0.110. The third-order valence-corrected chi connectivity index (χ3v) is 5.76. The number of piperidine rings is 1. The van der Waals surface area contributed by atoms with Gasteiger partial charge in [0, 0.05) is 13.6 Å². The van der Waals surface area contributed by atoms with Crippen LogP contribution in [0.25, 0.3) is 0 Å². The Morgan fingerprint density at radius 2 is 2.00 bits per heavy atom. The van der Waals surface area contributed by atoms with Crippen molar-refractivity contribution in [3.63, 3.8) is 0 Å². The zero-order valence-corrected chi connectivity index (χ0v) is 13.0. The van der Waals surface area contributed by atoms with Crippen LogP contribution in [0.4, 0.5) is 0 Å². The van der Waals surface area contributed by atoms with Crippen molar-refractivity contribution in [1.29, 1.82) is 0 Å². The van der Waals surface area contributed by atoms with E-state index in [1.165, 1.54) is 45.2 Å². The van der Waals surface area contributed by atoms with E-state index < -0.39 is 0 Å². The Labute approximate surface area is 122 Å². The second-order valence-corrected chi connectivity index (χ2v) is 7.21. The third kappa shape index (κ3) is 2.86. The first-order valence-electron chi connectivity index (χ1n) is 8.32. The first-order chi connectivity index (χ1) is 9.65. The van der Waals surface area contributed by atoms with Gasteiger partial charge in [-0.1, -0.05) is 6.42 Å². The number of likely N-dealkylation sites (tertiary alicyclic amines) is 1. The molecule has 1 aliphatic carbocycles. The summed E-state index contributed by atoms with van der Waals surface area (Å²) in [5.74, 6) is 2.42. The summed E-state index contributed by atoms with van der Waals surface area (Å²) < 4.78 is 0. The Kier molecular flexibility index (Phi) is 4.32. The van der Waals surface area contributed by atoms with Gasteiger partial charge in [-0.2, -0.15) is 0 Å². The van der Waals surface area contributed by atoms with Crippen molar-refractivity contribution < 1.29 is 4.79 Å². The normalized spacial score (nSPS) is 35.2. The minimum atomic E-state index is 0.110. The summed E-state index contributed by atoms with van der Waals surface area (Å²) in [7, 11) is 4.19. The molecule has 0 aromatic heterocycles. The van der Waals surface area contributed by atoms with Crippen LogP contribution in [0.2, 0.25) is 0 Å². The molecule has 0 aromatic rings. The maximum Gasteiger partial charge on any atom is 0.239 e. The summed E-state index contributed by atoms with van der Waals surface area (Å²) in [5, 5.41) is 3.48. The highest BCUT2D eigenvalue weighted by molar-refractivity contribution is 5.82. The van der Waals surface area contributed by atoms with Gasteiger partial charge >= 0.3 is 0 Å². The maximum atomic E-state index is 12.7. The topological polar surface area (TPSA) is 35.6 Å². The van der Waals surface area contributed by atoms with E-state index in [1.54, 1.807) is 0 Å². The summed E-state index contributed by atoms with van der Waals surface area (Å²) >= 11 is 0. The first kappa shape index (κ1) is 14.3. The molecule has 1 saturated carbocycles. The van der Waals surface area contributed by atoms with Crippen LogP contribution < -0.4 is 5.32 Å². The van der Waals surface area contributed by atoms with Crippen LogP contribution in [0.1, 0.15) is 32.1 Å². The largest absolute Gasteiger partial charge is 0.344 e. The van der Waals surface area contributed by atoms with E-state index in [9.17, 15) is 4.79 Å². The van der Waals surface area contributed by atoms with Crippen molar-refractivity contribution in [1.82, 2.24) is 15.1 Å². The Morgan fingerprint density at radius 3 is 2.75 bits per heavy atom. The second kappa shape index (κ2) is 6.02. The van der Waals surface area contributed by atoms with Crippen molar-refractivity contribution in [3.8, 4) is 0 Å². The Morgan fingerprint density at radius 1 is 1.25 bits per heavy atom. The molecular weight excluding hydrogens is 250 g/mol. The van der Waals surface area contributed by atoms with Gasteiger partial charge in [0.2, 0.25) is 5.91 Å². The van der Waals surface area contributed by atoms with E-state index in [-0.39, 0.29) is 6.04 Å². The van der Waals surface area contributed by atoms with Crippen LogP contribution in [0.5, 0.6) is 0 Å². The molecule has 20 heavy (non-hydrogen) atoms. The summed E-state index contributed by atoms with van der Waals surface area (Å²) in [4.78, 5) is 17.1. The smallest absolute Gasteiger partial charge is 0.239 e. The van der Waals surface area contributed by atoms with Gasteiger partial charge in [-0.05, 0) is 70.1 Å². The van der Waals surface area contributed by atoms with Gasteiger partial charge in [-0.15, -0.1) is 0 Å². The Bertz CT molecular complexity index is 352. The lowest BCUT2D eigenvalue weighted by molar-refractivity contribution is -0.133. The zero-order chi connectivity index (χ0) is 14.1. The number of rotatable bonds is 3. The zero-order valence-electron chi connectivity index (χ0n) is 13.0. The SMILES string of the molecule is CN1CCC(CN(C)C(=O)C2NCC3CCCC32)CC1. The molecule has 3 fully saturated rings. The van der Waals surface area contributed by atoms with Crippen LogP contribution in [-0.2, 0) is 4.79 Å². The molecule has 3 unspecified atom stereocenters. The van der Waals surface area contributed by atoms with Gasteiger partial charge in [-0.3, -0.25) is 4.79 Å². The van der Waals surface area contributed by atoms with E-state index in [2.05, 4.69) is 17.3 Å². The molecule has 2 aliphatic heterocycles. The average molecular weight is 279 g/mol. The first-order valence-corrected chi connectivity index (χ1v) is 8.32. The molecule has 3 atom stereocenters. The molecule has 0 bridgehead atoms.